The van der Waals surface area contributed by atoms with Gasteiger partial charge in [-0.15, -0.1) is 11.8 Å². The molecule has 0 spiro atoms. The molecule has 20 heavy (non-hydrogen) atoms. The minimum Gasteiger partial charge on any atom is -0.345 e. The summed E-state index contributed by atoms with van der Waals surface area (Å²) in [7, 11) is 1.94. The second-order valence-corrected chi connectivity index (χ2v) is 8.07. The smallest absolute Gasteiger partial charge is 0.225 e. The molecule has 2 nitrogen and oxygen atoms in total. The molecule has 1 amide bonds. The summed E-state index contributed by atoms with van der Waals surface area (Å²) in [5.74, 6) is 2.02. The molecule has 1 fully saturated rings. The van der Waals surface area contributed by atoms with Crippen LogP contribution in [0.2, 0.25) is 0 Å². The van der Waals surface area contributed by atoms with Crippen LogP contribution >= 0.6 is 11.8 Å². The van der Waals surface area contributed by atoms with Crippen molar-refractivity contribution in [3.8, 4) is 0 Å². The zero-order valence-corrected chi connectivity index (χ0v) is 13.7. The summed E-state index contributed by atoms with van der Waals surface area (Å²) in [5, 5.41) is 0. The summed E-state index contributed by atoms with van der Waals surface area (Å²) < 4.78 is 0. The van der Waals surface area contributed by atoms with Crippen molar-refractivity contribution in [2.75, 3.05) is 19.3 Å². The molecule has 0 unspecified atom stereocenters. The molecule has 0 aromatic heterocycles. The van der Waals surface area contributed by atoms with Crippen molar-refractivity contribution in [3.05, 3.63) is 30.3 Å². The number of amides is 1. The Morgan fingerprint density at radius 1 is 1.25 bits per heavy atom. The van der Waals surface area contributed by atoms with Gasteiger partial charge < -0.3 is 4.90 Å². The van der Waals surface area contributed by atoms with Crippen molar-refractivity contribution < 1.29 is 4.79 Å². The zero-order valence-electron chi connectivity index (χ0n) is 12.9. The van der Waals surface area contributed by atoms with Crippen molar-refractivity contribution in [3.63, 3.8) is 0 Å². The Labute approximate surface area is 126 Å². The van der Waals surface area contributed by atoms with Crippen LogP contribution in [-0.4, -0.2) is 30.2 Å². The summed E-state index contributed by atoms with van der Waals surface area (Å²) in [5.41, 5.74) is 0.209. The van der Waals surface area contributed by atoms with Gasteiger partial charge in [0, 0.05) is 30.2 Å². The van der Waals surface area contributed by atoms with Crippen molar-refractivity contribution in [1.82, 2.24) is 4.90 Å². The average molecular weight is 291 g/mol. The van der Waals surface area contributed by atoms with Gasteiger partial charge in [0.25, 0.3) is 0 Å². The van der Waals surface area contributed by atoms with Gasteiger partial charge in [-0.1, -0.05) is 39.0 Å². The Morgan fingerprint density at radius 3 is 2.50 bits per heavy atom. The standard InChI is InChI=1S/C17H25NOS/c1-17(2,3)10-15-13(11-18(4)16(15)19)12-20-14-8-6-5-7-9-14/h5-9,13,15H,10-12H2,1-4H3/t13-,15-/m1/s1. The maximum atomic E-state index is 12.3. The van der Waals surface area contributed by atoms with E-state index in [9.17, 15) is 4.79 Å². The van der Waals surface area contributed by atoms with Gasteiger partial charge in [0.15, 0.2) is 0 Å². The molecular formula is C17H25NOS. The van der Waals surface area contributed by atoms with Gasteiger partial charge in [-0.3, -0.25) is 4.79 Å². The first-order valence-corrected chi connectivity index (χ1v) is 8.28. The van der Waals surface area contributed by atoms with E-state index in [0.29, 0.717) is 11.8 Å². The lowest BCUT2D eigenvalue weighted by molar-refractivity contribution is -0.130. The molecule has 0 bridgehead atoms. The van der Waals surface area contributed by atoms with Gasteiger partial charge >= 0.3 is 0 Å². The topological polar surface area (TPSA) is 20.3 Å². The Balaban J connectivity index is 1.99. The van der Waals surface area contributed by atoms with E-state index in [1.807, 2.05) is 29.8 Å². The lowest BCUT2D eigenvalue weighted by atomic mass is 9.80. The predicted molar refractivity (Wildman–Crippen MR) is 85.9 cm³/mol. The Bertz CT molecular complexity index is 452. The molecule has 110 valence electrons. The third kappa shape index (κ3) is 4.02. The molecule has 2 atom stereocenters. The number of hydrogen-bond acceptors (Lipinski definition) is 2. The average Bonchev–Trinajstić information content (AvgIpc) is 2.64. The lowest BCUT2D eigenvalue weighted by Crippen LogP contribution is -2.26. The number of hydrogen-bond donors (Lipinski definition) is 0. The molecule has 1 saturated heterocycles. The fourth-order valence-electron chi connectivity index (χ4n) is 2.86. The Kier molecular flexibility index (Phi) is 4.79. The molecular weight excluding hydrogens is 266 g/mol. The second kappa shape index (κ2) is 6.21. The first-order valence-electron chi connectivity index (χ1n) is 7.29. The van der Waals surface area contributed by atoms with Crippen molar-refractivity contribution in [1.29, 1.82) is 0 Å². The second-order valence-electron chi connectivity index (χ2n) is 6.97. The van der Waals surface area contributed by atoms with Crippen LogP contribution in [0, 0.1) is 17.3 Å². The molecule has 1 aliphatic rings. The van der Waals surface area contributed by atoms with Crippen LogP contribution < -0.4 is 0 Å². The highest BCUT2D eigenvalue weighted by molar-refractivity contribution is 7.99. The van der Waals surface area contributed by atoms with E-state index in [-0.39, 0.29) is 11.3 Å². The maximum Gasteiger partial charge on any atom is 0.225 e. The minimum absolute atomic E-state index is 0.191. The molecule has 1 heterocycles. The number of likely N-dealkylation sites (tertiary alicyclic amines) is 1. The van der Waals surface area contributed by atoms with Crippen LogP contribution in [0.4, 0.5) is 0 Å². The molecule has 1 aromatic carbocycles. The molecule has 0 N–H and O–H groups in total. The number of thioether (sulfide) groups is 1. The highest BCUT2D eigenvalue weighted by atomic mass is 32.2. The summed E-state index contributed by atoms with van der Waals surface area (Å²) in [6.07, 6.45) is 0.982. The van der Waals surface area contributed by atoms with Gasteiger partial charge in [-0.05, 0) is 29.9 Å². The maximum absolute atomic E-state index is 12.3. The van der Waals surface area contributed by atoms with Crippen LogP contribution in [0.1, 0.15) is 27.2 Å². The van der Waals surface area contributed by atoms with Crippen LogP contribution in [-0.2, 0) is 4.79 Å². The van der Waals surface area contributed by atoms with Gasteiger partial charge in [0.1, 0.15) is 0 Å². The quantitative estimate of drug-likeness (QED) is 0.784. The van der Waals surface area contributed by atoms with Gasteiger partial charge in [0.05, 0.1) is 0 Å². The lowest BCUT2D eigenvalue weighted by Gasteiger charge is -2.25. The van der Waals surface area contributed by atoms with Crippen LogP contribution in [0.25, 0.3) is 0 Å². The summed E-state index contributed by atoms with van der Waals surface area (Å²) in [6.45, 7) is 7.57. The predicted octanol–water partition coefficient (Wildman–Crippen LogP) is 3.92. The van der Waals surface area contributed by atoms with E-state index >= 15 is 0 Å². The van der Waals surface area contributed by atoms with Crippen LogP contribution in [0.5, 0.6) is 0 Å². The van der Waals surface area contributed by atoms with Gasteiger partial charge in [-0.25, -0.2) is 0 Å². The number of benzene rings is 1. The Morgan fingerprint density at radius 2 is 1.90 bits per heavy atom. The third-order valence-corrected chi connectivity index (χ3v) is 5.01. The van der Waals surface area contributed by atoms with Crippen LogP contribution in [0.15, 0.2) is 35.2 Å². The first-order chi connectivity index (χ1) is 9.37. The van der Waals surface area contributed by atoms with Crippen molar-refractivity contribution in [2.45, 2.75) is 32.1 Å². The number of rotatable bonds is 4. The zero-order chi connectivity index (χ0) is 14.8. The van der Waals surface area contributed by atoms with Gasteiger partial charge in [-0.2, -0.15) is 0 Å². The van der Waals surface area contributed by atoms with Crippen molar-refractivity contribution >= 4 is 17.7 Å². The van der Waals surface area contributed by atoms with E-state index in [0.717, 1.165) is 18.7 Å². The van der Waals surface area contributed by atoms with Crippen molar-refractivity contribution in [2.24, 2.45) is 17.3 Å². The van der Waals surface area contributed by atoms with E-state index in [1.54, 1.807) is 0 Å². The molecule has 1 aliphatic heterocycles. The molecule has 3 heteroatoms. The summed E-state index contributed by atoms with van der Waals surface area (Å²) >= 11 is 1.87. The number of carbonyl (C=O) groups is 1. The molecule has 0 radical (unpaired) electrons. The number of carbonyl (C=O) groups excluding carboxylic acids is 1. The van der Waals surface area contributed by atoms with E-state index in [4.69, 9.17) is 0 Å². The highest BCUT2D eigenvalue weighted by Crippen LogP contribution is 2.37. The van der Waals surface area contributed by atoms with E-state index in [2.05, 4.69) is 45.0 Å². The highest BCUT2D eigenvalue weighted by Gasteiger charge is 2.40. The normalized spacial score (nSPS) is 23.4. The monoisotopic (exact) mass is 291 g/mol. The fourth-order valence-corrected chi connectivity index (χ4v) is 3.95. The largest absolute Gasteiger partial charge is 0.345 e. The molecule has 0 aliphatic carbocycles. The van der Waals surface area contributed by atoms with Crippen LogP contribution in [0.3, 0.4) is 0 Å². The SMILES string of the molecule is CN1C[C@H](CSc2ccccc2)[C@@H](CC(C)(C)C)C1=O. The molecule has 2 rings (SSSR count). The fraction of sp³-hybridized carbons (Fsp3) is 0.588. The molecule has 1 aromatic rings. The summed E-state index contributed by atoms with van der Waals surface area (Å²) in [4.78, 5) is 15.5. The third-order valence-electron chi connectivity index (χ3n) is 3.81. The van der Waals surface area contributed by atoms with E-state index < -0.39 is 0 Å². The van der Waals surface area contributed by atoms with Gasteiger partial charge in [0.2, 0.25) is 5.91 Å². The summed E-state index contributed by atoms with van der Waals surface area (Å²) in [6, 6.07) is 10.5. The van der Waals surface area contributed by atoms with E-state index in [1.165, 1.54) is 4.90 Å². The Hall–Kier alpha value is -0.960. The molecule has 0 saturated carbocycles. The first kappa shape index (κ1) is 15.4. The minimum atomic E-state index is 0.191. The number of nitrogens with zero attached hydrogens (tertiary/aromatic N) is 1.